The summed E-state index contributed by atoms with van der Waals surface area (Å²) in [5, 5.41) is 11.1. The number of fused-ring (bicyclic) bond motifs is 3. The molecular formula is C62H109N11O13. The predicted molar refractivity (Wildman–Crippen MR) is 328 cm³/mol. The molecule has 4 N–H and O–H groups in total. The van der Waals surface area contributed by atoms with E-state index >= 15 is 9.59 Å². The Balaban J connectivity index is 3.01. The molecule has 0 aliphatic carbocycles. The maximum absolute atomic E-state index is 15.2. The molecule has 2 rings (SSSR count). The van der Waals surface area contributed by atoms with Gasteiger partial charge < -0.3 is 65.0 Å². The van der Waals surface area contributed by atoms with E-state index in [4.69, 9.17) is 9.47 Å². The molecule has 0 aromatic carbocycles. The summed E-state index contributed by atoms with van der Waals surface area (Å²) < 4.78 is 12.2. The summed E-state index contributed by atoms with van der Waals surface area (Å²) >= 11 is 0. The SMILES string of the molecule is C/C=C/C[C@@H](C)[C@H]1OC(C)[C@H]2C(=O)N(C)[C@@H]1C(=O)N[C@@H](CC)C(=O)N(C)[C@H](C)C(=O)N(C)[C@@H]([C@H](C)COC)C(=O)N[C@@H](C(C)C)C(=O)N(C)[C@@H](CC(C)C)C(=O)N[C@@H](C)C(=O)N[C@H](C)C(=O)N(C)[C@@H](CC(C)C)C(=O)N(C)[C@@H](CC(C)C)C(=O)N2C. The number of likely N-dealkylation sites (N-methyl/N-ethyl adjacent to an activating group) is 7. The molecule has 0 spiro atoms. The third kappa shape index (κ3) is 19.2. The number of methoxy groups -OCH3 is 1. The summed E-state index contributed by atoms with van der Waals surface area (Å²) in [6.07, 6.45) is 2.71. The zero-order valence-electron chi connectivity index (χ0n) is 56.3. The van der Waals surface area contributed by atoms with E-state index in [1.165, 1.54) is 112 Å². The van der Waals surface area contributed by atoms with Crippen LogP contribution in [0.4, 0.5) is 0 Å². The molecule has 2 bridgehead atoms. The van der Waals surface area contributed by atoms with E-state index in [2.05, 4.69) is 21.3 Å². The molecular weight excluding hydrogens is 1110 g/mol. The quantitative estimate of drug-likeness (QED) is 0.182. The lowest BCUT2D eigenvalue weighted by molar-refractivity contribution is -0.155. The van der Waals surface area contributed by atoms with Crippen LogP contribution in [0.3, 0.4) is 0 Å². The summed E-state index contributed by atoms with van der Waals surface area (Å²) in [4.78, 5) is 170. The molecule has 0 saturated carbocycles. The topological polar surface area (TPSA) is 277 Å². The summed E-state index contributed by atoms with van der Waals surface area (Å²) in [7, 11) is 11.5. The monoisotopic (exact) mass is 1220 g/mol. The van der Waals surface area contributed by atoms with Crippen LogP contribution < -0.4 is 21.3 Å². The van der Waals surface area contributed by atoms with Gasteiger partial charge >= 0.3 is 0 Å². The summed E-state index contributed by atoms with van der Waals surface area (Å²) in [6.45, 7) is 27.8. The zero-order valence-corrected chi connectivity index (χ0v) is 56.3. The van der Waals surface area contributed by atoms with Crippen molar-refractivity contribution in [2.45, 2.75) is 222 Å². The average molecular weight is 1220 g/mol. The first kappa shape index (κ1) is 75.9. The van der Waals surface area contributed by atoms with E-state index in [9.17, 15) is 43.2 Å². The van der Waals surface area contributed by atoms with Crippen molar-refractivity contribution in [2.24, 2.45) is 35.5 Å². The minimum absolute atomic E-state index is 0.00560. The Hall–Kier alpha value is -6.17. The van der Waals surface area contributed by atoms with Gasteiger partial charge in [-0.05, 0) is 96.3 Å². The Bertz CT molecular complexity index is 2400. The van der Waals surface area contributed by atoms with Crippen LogP contribution in [-0.4, -0.2) is 241 Å². The molecule has 24 nitrogen and oxygen atoms in total. The van der Waals surface area contributed by atoms with Gasteiger partial charge in [0.25, 0.3) is 0 Å². The van der Waals surface area contributed by atoms with Gasteiger partial charge in [-0.2, -0.15) is 0 Å². The van der Waals surface area contributed by atoms with Gasteiger partial charge in [-0.3, -0.25) is 52.7 Å². The van der Waals surface area contributed by atoms with Crippen LogP contribution in [0.2, 0.25) is 0 Å². The number of nitrogens with zero attached hydrogens (tertiary/aromatic N) is 7. The van der Waals surface area contributed by atoms with E-state index < -0.39 is 161 Å². The highest BCUT2D eigenvalue weighted by atomic mass is 16.5. The van der Waals surface area contributed by atoms with E-state index in [-0.39, 0.29) is 50.0 Å². The van der Waals surface area contributed by atoms with Crippen LogP contribution in [0, 0.1) is 35.5 Å². The fourth-order valence-electron chi connectivity index (χ4n) is 11.4. The zero-order chi connectivity index (χ0) is 66.3. The minimum atomic E-state index is -1.34. The van der Waals surface area contributed by atoms with Gasteiger partial charge in [0.1, 0.15) is 66.5 Å². The van der Waals surface area contributed by atoms with Crippen molar-refractivity contribution < 1.29 is 62.2 Å². The summed E-state index contributed by atoms with van der Waals surface area (Å²) in [6, 6.07) is -13.5. The smallest absolute Gasteiger partial charge is 0.248 e. The van der Waals surface area contributed by atoms with Crippen molar-refractivity contribution in [1.82, 2.24) is 55.6 Å². The second-order valence-electron chi connectivity index (χ2n) is 25.8. The molecule has 2 fully saturated rings. The van der Waals surface area contributed by atoms with E-state index in [1.807, 2.05) is 67.5 Å². The standard InChI is InChI=1S/C62H109N11O13/c1-25-27-28-37(11)51-50-55(77)65-43(26-2)58(80)67(17)41(15)57(79)71(21)48(38(12)32-85-24)54(76)66-47(36(9)10)61(83)68(18)44(29-33(3)4)53(75)63-39(13)52(74)64-40(14)56(78)69(19)45(30-34(5)6)59(81)70(20)46(31-35(7)8)60(82)72(22)49(42(16)86-51)62(84)73(50)23/h25,27,33-51H,26,28-32H2,1-24H3,(H,63,75)(H,64,74)(H,65,77)(H,66,76)/b27-25+/t37-,38-,39+,40-,41-,42?,43+,44+,45+,46+,47+,48+,49+,50+,51-/m1/s1. The van der Waals surface area contributed by atoms with Gasteiger partial charge in [0.05, 0.1) is 18.8 Å². The molecule has 2 saturated heterocycles. The largest absolute Gasteiger partial charge is 0.384 e. The Kier molecular flexibility index (Phi) is 29.9. The van der Waals surface area contributed by atoms with Gasteiger partial charge in [-0.15, -0.1) is 0 Å². The van der Waals surface area contributed by atoms with Crippen LogP contribution in [0.5, 0.6) is 0 Å². The van der Waals surface area contributed by atoms with Gasteiger partial charge in [0, 0.05) is 62.4 Å². The fourth-order valence-corrected chi connectivity index (χ4v) is 11.4. The Morgan fingerprint density at radius 3 is 1.45 bits per heavy atom. The molecule has 2 heterocycles. The van der Waals surface area contributed by atoms with E-state index in [0.29, 0.717) is 6.42 Å². The number of ether oxygens (including phenoxy) is 2. The first-order valence-corrected chi connectivity index (χ1v) is 30.7. The van der Waals surface area contributed by atoms with Crippen molar-refractivity contribution in [3.8, 4) is 0 Å². The highest BCUT2D eigenvalue weighted by Gasteiger charge is 2.50. The predicted octanol–water partition coefficient (Wildman–Crippen LogP) is 2.66. The van der Waals surface area contributed by atoms with Crippen LogP contribution in [0.1, 0.15) is 143 Å². The molecule has 15 atom stereocenters. The second kappa shape index (κ2) is 33.8. The number of carbonyl (C=O) groups excluding carboxylic acids is 11. The Morgan fingerprint density at radius 1 is 0.488 bits per heavy atom. The summed E-state index contributed by atoms with van der Waals surface area (Å²) in [5.41, 5.74) is 0. The molecule has 86 heavy (non-hydrogen) atoms. The molecule has 24 heteroatoms. The van der Waals surface area contributed by atoms with Gasteiger partial charge in [0.2, 0.25) is 65.0 Å². The number of rotatable bonds is 14. The van der Waals surface area contributed by atoms with Crippen LogP contribution in [0.15, 0.2) is 12.2 Å². The Morgan fingerprint density at radius 2 is 0.965 bits per heavy atom. The molecule has 1 unspecified atom stereocenters. The maximum Gasteiger partial charge on any atom is 0.248 e. The number of hydrogen-bond donors (Lipinski definition) is 4. The van der Waals surface area contributed by atoms with Crippen LogP contribution in [0.25, 0.3) is 0 Å². The minimum Gasteiger partial charge on any atom is -0.384 e. The van der Waals surface area contributed by atoms with Crippen molar-refractivity contribution in [2.75, 3.05) is 63.1 Å². The molecule has 490 valence electrons. The normalized spacial score (nSPS) is 29.8. The molecule has 2 aliphatic rings. The van der Waals surface area contributed by atoms with Crippen molar-refractivity contribution in [1.29, 1.82) is 0 Å². The maximum atomic E-state index is 15.2. The van der Waals surface area contributed by atoms with Crippen molar-refractivity contribution in [3.63, 3.8) is 0 Å². The van der Waals surface area contributed by atoms with Gasteiger partial charge in [-0.25, -0.2) is 0 Å². The third-order valence-corrected chi connectivity index (χ3v) is 16.9. The van der Waals surface area contributed by atoms with Crippen LogP contribution >= 0.6 is 0 Å². The molecule has 2 aliphatic heterocycles. The van der Waals surface area contributed by atoms with Gasteiger partial charge in [0.15, 0.2) is 0 Å². The first-order valence-electron chi connectivity index (χ1n) is 30.7. The molecule has 0 aromatic heterocycles. The lowest BCUT2D eigenvalue weighted by atomic mass is 9.92. The molecule has 0 aromatic rings. The number of nitrogens with one attached hydrogen (secondary N) is 4. The highest BCUT2D eigenvalue weighted by molar-refractivity contribution is 6.00. The van der Waals surface area contributed by atoms with E-state index in [0.717, 1.165) is 0 Å². The first-order chi connectivity index (χ1) is 39.9. The summed E-state index contributed by atoms with van der Waals surface area (Å²) in [5.74, 6) is -9.31. The van der Waals surface area contributed by atoms with E-state index in [1.54, 1.807) is 34.6 Å². The molecule has 11 amide bonds. The fraction of sp³-hybridized carbons (Fsp3) is 0.790. The lowest BCUT2D eigenvalue weighted by Gasteiger charge is -2.39. The number of amides is 11. The third-order valence-electron chi connectivity index (χ3n) is 16.9. The van der Waals surface area contributed by atoms with Crippen molar-refractivity contribution in [3.05, 3.63) is 12.2 Å². The van der Waals surface area contributed by atoms with Crippen LogP contribution in [-0.2, 0) is 62.2 Å². The second-order valence-corrected chi connectivity index (χ2v) is 25.8. The lowest BCUT2D eigenvalue weighted by Crippen LogP contribution is -2.62. The van der Waals surface area contributed by atoms with Gasteiger partial charge in [-0.1, -0.05) is 88.3 Å². The van der Waals surface area contributed by atoms with Crippen molar-refractivity contribution >= 4 is 65.0 Å². The number of hydrogen-bond acceptors (Lipinski definition) is 13. The number of carbonyl (C=O) groups is 11. The Labute approximate surface area is 513 Å². The average Bonchev–Trinajstić information content (AvgIpc) is 1.74. The number of allylic oxidation sites excluding steroid dienone is 2. The molecule has 0 radical (unpaired) electrons. The highest BCUT2D eigenvalue weighted by Crippen LogP contribution is 2.30.